The van der Waals surface area contributed by atoms with E-state index in [1.54, 1.807) is 7.11 Å². The molecular weight excluding hydrogens is 318 g/mol. The summed E-state index contributed by atoms with van der Waals surface area (Å²) in [5.41, 5.74) is 0. The standard InChI is InChI=1S/C16H35NO5S/c1-4-6-9-17(10-7-5-2,11-8-16-23(18,19)20)12-13-22-15-14-21-3/h4-16H2,1-3H3. The highest BCUT2D eigenvalue weighted by molar-refractivity contribution is 7.85. The van der Waals surface area contributed by atoms with Gasteiger partial charge in [-0.2, -0.15) is 0 Å². The molecule has 7 heteroatoms. The molecule has 0 aliphatic carbocycles. The van der Waals surface area contributed by atoms with Crippen molar-refractivity contribution in [2.24, 2.45) is 0 Å². The predicted octanol–water partition coefficient (Wildman–Crippen LogP) is 2.00. The molecular formula is C16H35NO5S. The van der Waals surface area contributed by atoms with E-state index < -0.39 is 10.1 Å². The average Bonchev–Trinajstić information content (AvgIpc) is 2.49. The summed E-state index contributed by atoms with van der Waals surface area (Å²) in [6.07, 6.45) is 4.85. The summed E-state index contributed by atoms with van der Waals surface area (Å²) in [5, 5.41) is 0. The summed E-state index contributed by atoms with van der Waals surface area (Å²) in [4.78, 5) is 0. The molecule has 23 heavy (non-hydrogen) atoms. The zero-order valence-electron chi connectivity index (χ0n) is 15.1. The van der Waals surface area contributed by atoms with Crippen LogP contribution in [0.5, 0.6) is 0 Å². The van der Waals surface area contributed by atoms with Gasteiger partial charge in [-0.25, -0.2) is 8.42 Å². The smallest absolute Gasteiger partial charge is 0.102 e. The van der Waals surface area contributed by atoms with Crippen molar-refractivity contribution in [2.75, 3.05) is 58.9 Å². The van der Waals surface area contributed by atoms with E-state index in [1.165, 1.54) is 0 Å². The van der Waals surface area contributed by atoms with Crippen molar-refractivity contribution in [3.05, 3.63) is 0 Å². The van der Waals surface area contributed by atoms with E-state index in [0.29, 0.717) is 26.2 Å². The third-order valence-corrected chi connectivity index (χ3v) is 4.93. The van der Waals surface area contributed by atoms with Gasteiger partial charge in [0.15, 0.2) is 0 Å². The molecule has 0 saturated carbocycles. The van der Waals surface area contributed by atoms with Crippen molar-refractivity contribution in [3.63, 3.8) is 0 Å². The van der Waals surface area contributed by atoms with Crippen LogP contribution in [0.15, 0.2) is 0 Å². The lowest BCUT2D eigenvalue weighted by atomic mass is 10.2. The van der Waals surface area contributed by atoms with Crippen LogP contribution in [0, 0.1) is 0 Å². The largest absolute Gasteiger partial charge is 0.748 e. The van der Waals surface area contributed by atoms with Gasteiger partial charge >= 0.3 is 0 Å². The van der Waals surface area contributed by atoms with Gasteiger partial charge in [0, 0.05) is 19.3 Å². The highest BCUT2D eigenvalue weighted by Gasteiger charge is 2.26. The van der Waals surface area contributed by atoms with Crippen LogP contribution in [0.25, 0.3) is 0 Å². The molecule has 0 N–H and O–H groups in total. The molecule has 0 fully saturated rings. The van der Waals surface area contributed by atoms with Crippen LogP contribution in [-0.2, 0) is 19.6 Å². The molecule has 0 saturated heterocycles. The van der Waals surface area contributed by atoms with Crippen molar-refractivity contribution >= 4 is 10.1 Å². The zero-order chi connectivity index (χ0) is 17.6. The highest BCUT2D eigenvalue weighted by atomic mass is 32.2. The van der Waals surface area contributed by atoms with Crippen molar-refractivity contribution in [3.8, 4) is 0 Å². The maximum Gasteiger partial charge on any atom is 0.102 e. The number of rotatable bonds is 16. The first kappa shape index (κ1) is 22.8. The summed E-state index contributed by atoms with van der Waals surface area (Å²) in [5.74, 6) is -0.268. The van der Waals surface area contributed by atoms with E-state index >= 15 is 0 Å². The fourth-order valence-corrected chi connectivity index (χ4v) is 3.22. The van der Waals surface area contributed by atoms with Crippen LogP contribution in [-0.4, -0.2) is 76.3 Å². The quantitative estimate of drug-likeness (QED) is 0.241. The first-order chi connectivity index (χ1) is 10.9. The maximum absolute atomic E-state index is 10.9. The maximum atomic E-state index is 10.9. The molecule has 0 aliphatic heterocycles. The Morgan fingerprint density at radius 2 is 1.43 bits per heavy atom. The van der Waals surface area contributed by atoms with Gasteiger partial charge in [-0.15, -0.1) is 0 Å². The molecule has 6 nitrogen and oxygen atoms in total. The fraction of sp³-hybridized carbons (Fsp3) is 1.00. The van der Waals surface area contributed by atoms with E-state index in [0.717, 1.165) is 56.3 Å². The number of ether oxygens (including phenoxy) is 2. The molecule has 0 unspecified atom stereocenters. The third kappa shape index (κ3) is 12.8. The Labute approximate surface area is 142 Å². The Morgan fingerprint density at radius 1 is 0.870 bits per heavy atom. The molecule has 140 valence electrons. The van der Waals surface area contributed by atoms with Gasteiger partial charge in [0.25, 0.3) is 0 Å². The first-order valence-electron chi connectivity index (χ1n) is 8.74. The first-order valence-corrected chi connectivity index (χ1v) is 10.3. The second-order valence-electron chi connectivity index (χ2n) is 6.16. The van der Waals surface area contributed by atoms with Crippen LogP contribution in [0.3, 0.4) is 0 Å². The molecule has 0 aliphatic rings. The van der Waals surface area contributed by atoms with E-state index in [1.807, 2.05) is 0 Å². The molecule has 0 heterocycles. The lowest BCUT2D eigenvalue weighted by molar-refractivity contribution is -0.929. The summed E-state index contributed by atoms with van der Waals surface area (Å²) in [7, 11) is -2.48. The topological polar surface area (TPSA) is 75.7 Å². The van der Waals surface area contributed by atoms with Crippen LogP contribution >= 0.6 is 0 Å². The Balaban J connectivity index is 4.64. The van der Waals surface area contributed by atoms with E-state index in [4.69, 9.17) is 9.47 Å². The molecule has 0 rings (SSSR count). The molecule has 0 bridgehead atoms. The van der Waals surface area contributed by atoms with Crippen LogP contribution in [0.1, 0.15) is 46.0 Å². The SMILES string of the molecule is CCCC[N+](CCCC)(CCCS(=O)(=O)[O-])CCOCCOC. The van der Waals surface area contributed by atoms with Gasteiger partial charge in [-0.05, 0) is 12.8 Å². The van der Waals surface area contributed by atoms with Gasteiger partial charge < -0.3 is 18.5 Å². The zero-order valence-corrected chi connectivity index (χ0v) is 15.9. The lowest BCUT2D eigenvalue weighted by Crippen LogP contribution is -2.52. The van der Waals surface area contributed by atoms with Gasteiger partial charge in [0.2, 0.25) is 0 Å². The Morgan fingerprint density at radius 3 is 1.91 bits per heavy atom. The summed E-state index contributed by atoms with van der Waals surface area (Å²) < 4.78 is 44.1. The van der Waals surface area contributed by atoms with Crippen molar-refractivity contribution in [2.45, 2.75) is 46.0 Å². The number of nitrogens with zero attached hydrogens (tertiary/aromatic N) is 1. The van der Waals surface area contributed by atoms with Gasteiger partial charge in [0.1, 0.15) is 6.54 Å². The minimum atomic E-state index is -4.13. The van der Waals surface area contributed by atoms with Gasteiger partial charge in [0.05, 0.1) is 49.6 Å². The second kappa shape index (κ2) is 13.1. The molecule has 0 atom stereocenters. The Kier molecular flexibility index (Phi) is 13.0. The molecule has 0 radical (unpaired) electrons. The number of methoxy groups -OCH3 is 1. The molecule has 0 aromatic carbocycles. The van der Waals surface area contributed by atoms with Crippen molar-refractivity contribution in [1.82, 2.24) is 0 Å². The average molecular weight is 354 g/mol. The molecule has 0 amide bonds. The van der Waals surface area contributed by atoms with Crippen LogP contribution in [0.4, 0.5) is 0 Å². The number of quaternary nitrogens is 1. The van der Waals surface area contributed by atoms with Crippen LogP contribution in [0.2, 0.25) is 0 Å². The Hall–Kier alpha value is -0.210. The number of hydrogen-bond acceptors (Lipinski definition) is 5. The van der Waals surface area contributed by atoms with Crippen molar-refractivity contribution < 1.29 is 26.9 Å². The lowest BCUT2D eigenvalue weighted by Gasteiger charge is -2.39. The summed E-state index contributed by atoms with van der Waals surface area (Å²) in [6, 6.07) is 0. The van der Waals surface area contributed by atoms with E-state index in [-0.39, 0.29) is 5.75 Å². The molecule has 0 spiro atoms. The Bertz CT molecular complexity index is 365. The predicted molar refractivity (Wildman–Crippen MR) is 91.4 cm³/mol. The summed E-state index contributed by atoms with van der Waals surface area (Å²) in [6.45, 7) is 9.74. The van der Waals surface area contributed by atoms with E-state index in [2.05, 4.69) is 13.8 Å². The summed E-state index contributed by atoms with van der Waals surface area (Å²) >= 11 is 0. The number of hydrogen-bond donors (Lipinski definition) is 0. The van der Waals surface area contributed by atoms with Gasteiger partial charge in [-0.1, -0.05) is 26.7 Å². The number of unbranched alkanes of at least 4 members (excludes halogenated alkanes) is 2. The van der Waals surface area contributed by atoms with Gasteiger partial charge in [-0.3, -0.25) is 0 Å². The highest BCUT2D eigenvalue weighted by Crippen LogP contribution is 2.14. The minimum absolute atomic E-state index is 0.268. The molecule has 0 aromatic rings. The fourth-order valence-electron chi connectivity index (χ4n) is 2.74. The van der Waals surface area contributed by atoms with Crippen LogP contribution < -0.4 is 0 Å². The minimum Gasteiger partial charge on any atom is -0.748 e. The second-order valence-corrected chi connectivity index (χ2v) is 7.69. The molecule has 0 aromatic heterocycles. The monoisotopic (exact) mass is 353 g/mol. The van der Waals surface area contributed by atoms with Crippen molar-refractivity contribution in [1.29, 1.82) is 0 Å². The normalized spacial score (nSPS) is 12.7. The third-order valence-electron chi connectivity index (χ3n) is 4.14. The van der Waals surface area contributed by atoms with E-state index in [9.17, 15) is 13.0 Å².